The highest BCUT2D eigenvalue weighted by molar-refractivity contribution is 5.94. The second kappa shape index (κ2) is 9.38. The minimum absolute atomic E-state index is 0.0652. The lowest BCUT2D eigenvalue weighted by Crippen LogP contribution is -2.31. The minimum atomic E-state index is -1.08. The Balaban J connectivity index is 1.98. The Bertz CT molecular complexity index is 820. The molecule has 0 atom stereocenters. The van der Waals surface area contributed by atoms with E-state index in [2.05, 4.69) is 5.32 Å². The van der Waals surface area contributed by atoms with Gasteiger partial charge in [-0.15, -0.1) is 0 Å². The van der Waals surface area contributed by atoms with E-state index in [-0.39, 0.29) is 36.1 Å². The highest BCUT2D eigenvalue weighted by Crippen LogP contribution is 2.25. The first kappa shape index (κ1) is 20.0. The molecule has 142 valence electrons. The molecule has 2 N–H and O–H groups in total. The van der Waals surface area contributed by atoms with Crippen molar-refractivity contribution in [3.8, 4) is 5.75 Å². The zero-order valence-corrected chi connectivity index (χ0v) is 15.3. The molecule has 0 aromatic heterocycles. The van der Waals surface area contributed by atoms with E-state index in [4.69, 9.17) is 9.84 Å². The maximum Gasteiger partial charge on any atom is 0.335 e. The van der Waals surface area contributed by atoms with E-state index in [0.29, 0.717) is 12.2 Å². The fourth-order valence-corrected chi connectivity index (χ4v) is 2.53. The number of hydrogen-bond acceptors (Lipinski definition) is 4. The van der Waals surface area contributed by atoms with Crippen LogP contribution in [0.1, 0.15) is 29.3 Å². The maximum atomic E-state index is 12.3. The molecule has 0 aliphatic heterocycles. The molecule has 0 aliphatic carbocycles. The molecule has 0 saturated heterocycles. The standard InChI is InChI=1S/C20H22N2O5/c1-14(23)22(13-15-6-4-3-5-7-15)11-10-19(24)21-17-9-8-16(20(25)26)12-18(17)27-2/h3-9,12H,10-11,13H2,1-2H3,(H,21,24)(H,25,26). The van der Waals surface area contributed by atoms with Crippen molar-refractivity contribution in [1.29, 1.82) is 0 Å². The van der Waals surface area contributed by atoms with Crippen LogP contribution in [0, 0.1) is 0 Å². The summed E-state index contributed by atoms with van der Waals surface area (Å²) in [6, 6.07) is 13.7. The number of methoxy groups -OCH3 is 1. The quantitative estimate of drug-likeness (QED) is 0.745. The van der Waals surface area contributed by atoms with Gasteiger partial charge in [0.25, 0.3) is 0 Å². The summed E-state index contributed by atoms with van der Waals surface area (Å²) in [5.74, 6) is -1.23. The molecule has 7 heteroatoms. The molecule has 7 nitrogen and oxygen atoms in total. The van der Waals surface area contributed by atoms with Gasteiger partial charge in [-0.3, -0.25) is 9.59 Å². The van der Waals surface area contributed by atoms with Crippen LogP contribution in [0.4, 0.5) is 5.69 Å². The van der Waals surface area contributed by atoms with Gasteiger partial charge in [0.1, 0.15) is 5.75 Å². The highest BCUT2D eigenvalue weighted by atomic mass is 16.5. The molecule has 2 aromatic carbocycles. The third kappa shape index (κ3) is 5.85. The monoisotopic (exact) mass is 370 g/mol. The lowest BCUT2D eigenvalue weighted by Gasteiger charge is -2.21. The predicted molar refractivity (Wildman–Crippen MR) is 101 cm³/mol. The molecule has 2 amide bonds. The number of carbonyl (C=O) groups is 3. The smallest absolute Gasteiger partial charge is 0.335 e. The molecule has 0 aliphatic rings. The van der Waals surface area contributed by atoms with E-state index in [1.807, 2.05) is 30.3 Å². The van der Waals surface area contributed by atoms with Gasteiger partial charge < -0.3 is 20.1 Å². The van der Waals surface area contributed by atoms with Crippen LogP contribution in [-0.4, -0.2) is 41.4 Å². The van der Waals surface area contributed by atoms with E-state index in [9.17, 15) is 14.4 Å². The van der Waals surface area contributed by atoms with Gasteiger partial charge in [-0.1, -0.05) is 30.3 Å². The summed E-state index contributed by atoms with van der Waals surface area (Å²) in [7, 11) is 1.40. The SMILES string of the molecule is COc1cc(C(=O)O)ccc1NC(=O)CCN(Cc1ccccc1)C(C)=O. The van der Waals surface area contributed by atoms with Crippen molar-refractivity contribution in [2.45, 2.75) is 19.9 Å². The van der Waals surface area contributed by atoms with Crippen molar-refractivity contribution in [2.24, 2.45) is 0 Å². The number of benzene rings is 2. The predicted octanol–water partition coefficient (Wildman–Crippen LogP) is 2.77. The van der Waals surface area contributed by atoms with Crippen LogP contribution in [0.3, 0.4) is 0 Å². The van der Waals surface area contributed by atoms with Crippen LogP contribution in [-0.2, 0) is 16.1 Å². The number of amides is 2. The molecular weight excluding hydrogens is 348 g/mol. The number of ether oxygens (including phenoxy) is 1. The maximum absolute atomic E-state index is 12.3. The third-order valence-electron chi connectivity index (χ3n) is 3.99. The summed E-state index contributed by atoms with van der Waals surface area (Å²) >= 11 is 0. The number of carboxylic acid groups (broad SMARTS) is 1. The first-order chi connectivity index (χ1) is 12.9. The van der Waals surface area contributed by atoms with Crippen molar-refractivity contribution < 1.29 is 24.2 Å². The Labute approximate surface area is 157 Å². The first-order valence-electron chi connectivity index (χ1n) is 8.41. The summed E-state index contributed by atoms with van der Waals surface area (Å²) in [4.78, 5) is 36.7. The zero-order valence-electron chi connectivity index (χ0n) is 15.3. The van der Waals surface area contributed by atoms with Gasteiger partial charge in [-0.05, 0) is 23.8 Å². The van der Waals surface area contributed by atoms with Gasteiger partial charge >= 0.3 is 5.97 Å². The third-order valence-corrected chi connectivity index (χ3v) is 3.99. The molecule has 27 heavy (non-hydrogen) atoms. The number of nitrogens with zero attached hydrogens (tertiary/aromatic N) is 1. The number of hydrogen-bond donors (Lipinski definition) is 2. The molecule has 0 radical (unpaired) electrons. The molecule has 2 rings (SSSR count). The Kier molecular flexibility index (Phi) is 6.93. The number of carbonyl (C=O) groups excluding carboxylic acids is 2. The molecule has 0 unspecified atom stereocenters. The summed E-state index contributed by atoms with van der Waals surface area (Å²) < 4.78 is 5.14. The average molecular weight is 370 g/mol. The minimum Gasteiger partial charge on any atom is -0.495 e. The lowest BCUT2D eigenvalue weighted by molar-refractivity contribution is -0.129. The van der Waals surface area contributed by atoms with Gasteiger partial charge in [0.05, 0.1) is 18.4 Å². The van der Waals surface area contributed by atoms with Crippen LogP contribution in [0.5, 0.6) is 5.75 Å². The van der Waals surface area contributed by atoms with Crippen LogP contribution >= 0.6 is 0 Å². The van der Waals surface area contributed by atoms with Crippen molar-refractivity contribution >= 4 is 23.5 Å². The summed E-state index contributed by atoms with van der Waals surface area (Å²) in [6.45, 7) is 2.17. The van der Waals surface area contributed by atoms with E-state index < -0.39 is 5.97 Å². The Hall–Kier alpha value is -3.35. The van der Waals surface area contributed by atoms with Crippen LogP contribution in [0.15, 0.2) is 48.5 Å². The molecule has 0 spiro atoms. The number of nitrogens with one attached hydrogen (secondary N) is 1. The normalized spacial score (nSPS) is 10.1. The molecule has 0 bridgehead atoms. The van der Waals surface area contributed by atoms with E-state index in [1.165, 1.54) is 32.2 Å². The number of rotatable bonds is 8. The topological polar surface area (TPSA) is 95.9 Å². The molecular formula is C20H22N2O5. The molecule has 0 heterocycles. The van der Waals surface area contributed by atoms with Crippen LogP contribution in [0.2, 0.25) is 0 Å². The largest absolute Gasteiger partial charge is 0.495 e. The van der Waals surface area contributed by atoms with Crippen molar-refractivity contribution in [3.05, 3.63) is 59.7 Å². The number of aromatic carboxylic acids is 1. The average Bonchev–Trinajstić information content (AvgIpc) is 2.65. The summed E-state index contributed by atoms with van der Waals surface area (Å²) in [6.07, 6.45) is 0.107. The Morgan fingerprint density at radius 2 is 1.81 bits per heavy atom. The second-order valence-electron chi connectivity index (χ2n) is 5.94. The fourth-order valence-electron chi connectivity index (χ4n) is 2.53. The molecule has 2 aromatic rings. The number of anilines is 1. The van der Waals surface area contributed by atoms with Crippen molar-refractivity contribution in [2.75, 3.05) is 19.0 Å². The van der Waals surface area contributed by atoms with E-state index >= 15 is 0 Å². The van der Waals surface area contributed by atoms with Crippen LogP contribution < -0.4 is 10.1 Å². The molecule has 0 saturated carbocycles. The lowest BCUT2D eigenvalue weighted by atomic mass is 10.2. The van der Waals surface area contributed by atoms with Gasteiger partial charge in [0.2, 0.25) is 11.8 Å². The molecule has 0 fully saturated rings. The second-order valence-corrected chi connectivity index (χ2v) is 5.94. The fraction of sp³-hybridized carbons (Fsp3) is 0.250. The van der Waals surface area contributed by atoms with Crippen molar-refractivity contribution in [1.82, 2.24) is 4.90 Å². The Morgan fingerprint density at radius 3 is 2.41 bits per heavy atom. The summed E-state index contributed by atoms with van der Waals surface area (Å²) in [5.41, 5.74) is 1.43. The summed E-state index contributed by atoms with van der Waals surface area (Å²) in [5, 5.41) is 11.7. The van der Waals surface area contributed by atoms with E-state index in [1.54, 1.807) is 4.90 Å². The van der Waals surface area contributed by atoms with Crippen molar-refractivity contribution in [3.63, 3.8) is 0 Å². The van der Waals surface area contributed by atoms with Gasteiger partial charge in [-0.2, -0.15) is 0 Å². The Morgan fingerprint density at radius 1 is 1.11 bits per heavy atom. The first-order valence-corrected chi connectivity index (χ1v) is 8.41. The number of carboxylic acids is 1. The van der Waals surface area contributed by atoms with E-state index in [0.717, 1.165) is 5.56 Å². The highest BCUT2D eigenvalue weighted by Gasteiger charge is 2.14. The van der Waals surface area contributed by atoms with Gasteiger partial charge in [0, 0.05) is 26.4 Å². The van der Waals surface area contributed by atoms with Gasteiger partial charge in [0.15, 0.2) is 0 Å². The van der Waals surface area contributed by atoms with Crippen LogP contribution in [0.25, 0.3) is 0 Å². The zero-order chi connectivity index (χ0) is 19.8. The van der Waals surface area contributed by atoms with Gasteiger partial charge in [-0.25, -0.2) is 4.79 Å².